The first-order chi connectivity index (χ1) is 8.15. The van der Waals surface area contributed by atoms with Gasteiger partial charge in [-0.2, -0.15) is 0 Å². The van der Waals surface area contributed by atoms with Gasteiger partial charge in [-0.3, -0.25) is 9.00 Å². The SMILES string of the molecule is CC(CCS(C)=O)NC(=O)NCC(C)(C)C(=O)O. The minimum absolute atomic E-state index is 0.0561. The highest BCUT2D eigenvalue weighted by molar-refractivity contribution is 7.84. The van der Waals surface area contributed by atoms with Crippen LogP contribution in [0, 0.1) is 5.41 Å². The summed E-state index contributed by atoms with van der Waals surface area (Å²) in [6.07, 6.45) is 2.24. The number of hydrogen-bond acceptors (Lipinski definition) is 3. The van der Waals surface area contributed by atoms with Gasteiger partial charge in [0.25, 0.3) is 0 Å². The maximum atomic E-state index is 11.5. The number of rotatable bonds is 7. The Morgan fingerprint density at radius 3 is 2.39 bits per heavy atom. The molecule has 0 fully saturated rings. The van der Waals surface area contributed by atoms with Crippen molar-refractivity contribution in [3.8, 4) is 0 Å². The van der Waals surface area contributed by atoms with Crippen LogP contribution in [0.1, 0.15) is 27.2 Å². The van der Waals surface area contributed by atoms with E-state index in [4.69, 9.17) is 5.11 Å². The molecule has 3 N–H and O–H groups in total. The summed E-state index contributed by atoms with van der Waals surface area (Å²) in [6.45, 7) is 4.95. The Labute approximate surface area is 110 Å². The molecule has 0 bridgehead atoms. The number of nitrogens with one attached hydrogen (secondary N) is 2. The van der Waals surface area contributed by atoms with Crippen molar-refractivity contribution in [2.24, 2.45) is 5.41 Å². The summed E-state index contributed by atoms with van der Waals surface area (Å²) in [5, 5.41) is 14.1. The first-order valence-corrected chi connectivity index (χ1v) is 7.45. The van der Waals surface area contributed by atoms with Crippen LogP contribution in [0.25, 0.3) is 0 Å². The topological polar surface area (TPSA) is 95.5 Å². The van der Waals surface area contributed by atoms with Gasteiger partial charge in [0.1, 0.15) is 0 Å². The molecule has 0 aliphatic heterocycles. The fourth-order valence-corrected chi connectivity index (χ4v) is 1.75. The molecule has 0 saturated heterocycles. The van der Waals surface area contributed by atoms with Crippen molar-refractivity contribution >= 4 is 22.8 Å². The Kier molecular flexibility index (Phi) is 6.90. The minimum atomic E-state index is -0.995. The van der Waals surface area contributed by atoms with Crippen LogP contribution in [-0.2, 0) is 15.6 Å². The largest absolute Gasteiger partial charge is 0.481 e. The summed E-state index contributed by atoms with van der Waals surface area (Å²) >= 11 is 0. The van der Waals surface area contributed by atoms with E-state index in [1.807, 2.05) is 6.92 Å². The molecule has 0 aromatic heterocycles. The van der Waals surface area contributed by atoms with Gasteiger partial charge in [-0.05, 0) is 27.2 Å². The zero-order chi connectivity index (χ0) is 14.3. The lowest BCUT2D eigenvalue weighted by Crippen LogP contribution is -2.46. The molecule has 2 unspecified atom stereocenters. The highest BCUT2D eigenvalue weighted by Gasteiger charge is 2.27. The summed E-state index contributed by atoms with van der Waals surface area (Å²) < 4.78 is 10.9. The van der Waals surface area contributed by atoms with Crippen molar-refractivity contribution in [1.29, 1.82) is 0 Å². The third kappa shape index (κ3) is 7.26. The second kappa shape index (κ2) is 7.35. The van der Waals surface area contributed by atoms with Gasteiger partial charge < -0.3 is 15.7 Å². The van der Waals surface area contributed by atoms with E-state index in [2.05, 4.69) is 10.6 Å². The number of aliphatic carboxylic acids is 1. The molecule has 0 rings (SSSR count). The lowest BCUT2D eigenvalue weighted by Gasteiger charge is -2.21. The summed E-state index contributed by atoms with van der Waals surface area (Å²) in [6, 6.07) is -0.499. The van der Waals surface area contributed by atoms with Crippen molar-refractivity contribution in [3.63, 3.8) is 0 Å². The van der Waals surface area contributed by atoms with Crippen molar-refractivity contribution in [3.05, 3.63) is 0 Å². The number of carbonyl (C=O) groups is 2. The van der Waals surface area contributed by atoms with Crippen LogP contribution in [-0.4, -0.2) is 45.9 Å². The predicted octanol–water partition coefficient (Wildman–Crippen LogP) is 0.554. The second-order valence-corrected chi connectivity index (χ2v) is 6.54. The molecule has 106 valence electrons. The summed E-state index contributed by atoms with van der Waals surface area (Å²) in [4.78, 5) is 22.3. The van der Waals surface area contributed by atoms with Crippen molar-refractivity contribution in [2.75, 3.05) is 18.6 Å². The molecule has 0 heterocycles. The molecule has 18 heavy (non-hydrogen) atoms. The van der Waals surface area contributed by atoms with Crippen LogP contribution >= 0.6 is 0 Å². The van der Waals surface area contributed by atoms with Crippen molar-refractivity contribution in [2.45, 2.75) is 33.2 Å². The zero-order valence-electron chi connectivity index (χ0n) is 11.3. The fraction of sp³-hybridized carbons (Fsp3) is 0.818. The van der Waals surface area contributed by atoms with Gasteiger partial charge in [-0.25, -0.2) is 4.79 Å². The van der Waals surface area contributed by atoms with Gasteiger partial charge in [-0.1, -0.05) is 0 Å². The molecule has 2 amide bonds. The average Bonchev–Trinajstić information content (AvgIpc) is 2.23. The van der Waals surface area contributed by atoms with Crippen molar-refractivity contribution in [1.82, 2.24) is 10.6 Å². The molecular formula is C11H22N2O4S. The molecule has 0 aromatic carbocycles. The summed E-state index contributed by atoms with van der Waals surface area (Å²) in [7, 11) is -0.874. The van der Waals surface area contributed by atoms with E-state index in [0.29, 0.717) is 12.2 Å². The van der Waals surface area contributed by atoms with Crippen molar-refractivity contribution < 1.29 is 18.9 Å². The van der Waals surface area contributed by atoms with Gasteiger partial charge in [0.05, 0.1) is 5.41 Å². The fourth-order valence-electron chi connectivity index (χ4n) is 1.07. The molecule has 2 atom stereocenters. The number of carbonyl (C=O) groups excluding carboxylic acids is 1. The van der Waals surface area contributed by atoms with Gasteiger partial charge in [-0.15, -0.1) is 0 Å². The highest BCUT2D eigenvalue weighted by atomic mass is 32.2. The van der Waals surface area contributed by atoms with Crippen LogP contribution in [0.2, 0.25) is 0 Å². The van der Waals surface area contributed by atoms with Crippen LogP contribution in [0.3, 0.4) is 0 Å². The average molecular weight is 278 g/mol. The normalized spacial score (nSPS) is 14.7. The van der Waals surface area contributed by atoms with Crippen LogP contribution in [0.5, 0.6) is 0 Å². The maximum absolute atomic E-state index is 11.5. The third-order valence-electron chi connectivity index (χ3n) is 2.49. The number of carboxylic acid groups (broad SMARTS) is 1. The van der Waals surface area contributed by atoms with E-state index in [9.17, 15) is 13.8 Å². The first-order valence-electron chi connectivity index (χ1n) is 5.73. The Balaban J connectivity index is 3.98. The Bertz CT molecular complexity index is 331. The van der Waals surface area contributed by atoms with Crippen LogP contribution < -0.4 is 10.6 Å². The molecule has 0 radical (unpaired) electrons. The van der Waals surface area contributed by atoms with E-state index in [1.165, 1.54) is 0 Å². The molecule has 0 aliphatic carbocycles. The molecule has 0 spiro atoms. The second-order valence-electron chi connectivity index (χ2n) is 4.98. The highest BCUT2D eigenvalue weighted by Crippen LogP contribution is 2.12. The lowest BCUT2D eigenvalue weighted by molar-refractivity contribution is -0.146. The van der Waals surface area contributed by atoms with Gasteiger partial charge >= 0.3 is 12.0 Å². The number of amides is 2. The van der Waals surface area contributed by atoms with E-state index < -0.39 is 28.2 Å². The lowest BCUT2D eigenvalue weighted by atomic mass is 9.94. The van der Waals surface area contributed by atoms with E-state index in [1.54, 1.807) is 20.1 Å². The van der Waals surface area contributed by atoms with Gasteiger partial charge in [0, 0.05) is 35.4 Å². The molecule has 6 nitrogen and oxygen atoms in total. The maximum Gasteiger partial charge on any atom is 0.315 e. The summed E-state index contributed by atoms with van der Waals surface area (Å²) in [5.41, 5.74) is -0.995. The van der Waals surface area contributed by atoms with Crippen LogP contribution in [0.4, 0.5) is 4.79 Å². The number of carboxylic acids is 1. The Morgan fingerprint density at radius 1 is 1.39 bits per heavy atom. The third-order valence-corrected chi connectivity index (χ3v) is 3.30. The zero-order valence-corrected chi connectivity index (χ0v) is 12.1. The minimum Gasteiger partial charge on any atom is -0.481 e. The smallest absolute Gasteiger partial charge is 0.315 e. The van der Waals surface area contributed by atoms with Crippen LogP contribution in [0.15, 0.2) is 0 Å². The molecule has 0 aliphatic rings. The first kappa shape index (κ1) is 16.9. The van der Waals surface area contributed by atoms with Gasteiger partial charge in [0.2, 0.25) is 0 Å². The Morgan fingerprint density at radius 2 is 1.94 bits per heavy atom. The van der Waals surface area contributed by atoms with E-state index in [0.717, 1.165) is 0 Å². The monoisotopic (exact) mass is 278 g/mol. The number of hydrogen-bond donors (Lipinski definition) is 3. The number of urea groups is 1. The van der Waals surface area contributed by atoms with Gasteiger partial charge in [0.15, 0.2) is 0 Å². The predicted molar refractivity (Wildman–Crippen MR) is 71.0 cm³/mol. The Hall–Kier alpha value is -1.11. The molecule has 0 saturated carbocycles. The molecular weight excluding hydrogens is 256 g/mol. The standard InChI is InChI=1S/C11H22N2O4S/c1-8(5-6-18(4)17)13-10(16)12-7-11(2,3)9(14)15/h8H,5-7H2,1-4H3,(H,14,15)(H2,12,13,16). The quantitative estimate of drug-likeness (QED) is 0.634. The van der Waals surface area contributed by atoms with E-state index >= 15 is 0 Å². The van der Waals surface area contributed by atoms with E-state index in [-0.39, 0.29) is 12.6 Å². The molecule has 0 aromatic rings. The summed E-state index contributed by atoms with van der Waals surface area (Å²) in [5.74, 6) is -0.431. The molecule has 7 heteroatoms.